The highest BCUT2D eigenvalue weighted by atomic mass is 31.2. The monoisotopic (exact) mass is 443 g/mol. The molecule has 2 aromatic rings. The van der Waals surface area contributed by atoms with Crippen LogP contribution in [-0.2, 0) is 24.9 Å². The van der Waals surface area contributed by atoms with Crippen molar-refractivity contribution in [2.75, 3.05) is 18.3 Å². The van der Waals surface area contributed by atoms with Gasteiger partial charge in [0.25, 0.3) is 0 Å². The van der Waals surface area contributed by atoms with Crippen LogP contribution < -0.4 is 5.32 Å². The van der Waals surface area contributed by atoms with Crippen molar-refractivity contribution in [3.8, 4) is 0 Å². The van der Waals surface area contributed by atoms with Crippen LogP contribution in [0.2, 0.25) is 0 Å². The maximum atomic E-state index is 13.1. The molecule has 0 bridgehead atoms. The molecule has 0 saturated carbocycles. The van der Waals surface area contributed by atoms with Gasteiger partial charge in [-0.2, -0.15) is 0 Å². The van der Waals surface area contributed by atoms with E-state index in [9.17, 15) is 4.57 Å². The van der Waals surface area contributed by atoms with Crippen molar-refractivity contribution in [2.45, 2.75) is 38.0 Å². The van der Waals surface area contributed by atoms with Crippen LogP contribution in [0.3, 0.4) is 0 Å². The number of nitrogens with zero attached hydrogens (tertiary/aromatic N) is 3. The fourth-order valence-corrected chi connectivity index (χ4v) is 5.05. The third-order valence-electron chi connectivity index (χ3n) is 5.14. The minimum Gasteiger partial charge on any atom is -0.360 e. The molecule has 0 amide bonds. The molecule has 4 rings (SSSR count). The zero-order valence-corrected chi connectivity index (χ0v) is 18.0. The molecule has 0 radical (unpaired) electrons. The number of anilines is 1. The highest BCUT2D eigenvalue weighted by Gasteiger charge is 2.35. The number of hydrogen-bond donors (Lipinski definition) is 2. The second-order valence-corrected chi connectivity index (χ2v) is 9.28. The predicted octanol–water partition coefficient (Wildman–Crippen LogP) is 4.27. The molecule has 31 heavy (non-hydrogen) atoms. The van der Waals surface area contributed by atoms with E-state index in [4.69, 9.17) is 19.2 Å². The molecule has 164 valence electrons. The van der Waals surface area contributed by atoms with Gasteiger partial charge in [0.15, 0.2) is 0 Å². The van der Waals surface area contributed by atoms with Gasteiger partial charge in [0.2, 0.25) is 0 Å². The van der Waals surface area contributed by atoms with Gasteiger partial charge in [0, 0.05) is 18.8 Å². The number of nitrogens with one attached hydrogen (secondary N) is 2. The van der Waals surface area contributed by atoms with Crippen LogP contribution >= 0.6 is 7.60 Å². The molecule has 0 aliphatic carbocycles. The van der Waals surface area contributed by atoms with Crippen molar-refractivity contribution in [3.05, 3.63) is 67.0 Å². The summed E-state index contributed by atoms with van der Waals surface area (Å²) in [6, 6.07) is 3.69. The SMILES string of the molecule is C=C[C@H](Cn1cnc2c1N/C=C\CCC2=N)OCP1(=O)OCCC(c2ccncc2)O1. The minimum absolute atomic E-state index is 0.175. The summed E-state index contributed by atoms with van der Waals surface area (Å²) in [6.45, 7) is 4.57. The van der Waals surface area contributed by atoms with Crippen LogP contribution in [0.1, 0.15) is 36.6 Å². The van der Waals surface area contributed by atoms with Crippen LogP contribution in [0.4, 0.5) is 5.82 Å². The van der Waals surface area contributed by atoms with E-state index in [1.54, 1.807) is 24.8 Å². The quantitative estimate of drug-likeness (QED) is 0.486. The second-order valence-electron chi connectivity index (χ2n) is 7.34. The van der Waals surface area contributed by atoms with E-state index in [1.807, 2.05) is 29.0 Å². The molecular formula is C21H26N5O4P. The Morgan fingerprint density at radius 1 is 1.45 bits per heavy atom. The van der Waals surface area contributed by atoms with E-state index in [1.165, 1.54) is 0 Å². The van der Waals surface area contributed by atoms with Crippen LogP contribution in [-0.4, -0.2) is 39.3 Å². The Kier molecular flexibility index (Phi) is 6.77. The van der Waals surface area contributed by atoms with Gasteiger partial charge in [-0.3, -0.25) is 14.1 Å². The van der Waals surface area contributed by atoms with Gasteiger partial charge in [-0.05, 0) is 36.7 Å². The number of hydrogen-bond acceptors (Lipinski definition) is 8. The largest absolute Gasteiger partial charge is 0.360 e. The molecule has 4 heterocycles. The summed E-state index contributed by atoms with van der Waals surface area (Å²) in [5.41, 5.74) is 2.02. The summed E-state index contributed by atoms with van der Waals surface area (Å²) in [5, 5.41) is 11.4. The maximum Gasteiger partial charge on any atom is 0.356 e. The van der Waals surface area contributed by atoms with Crippen molar-refractivity contribution in [3.63, 3.8) is 0 Å². The van der Waals surface area contributed by atoms with Gasteiger partial charge in [0.05, 0.1) is 37.4 Å². The number of aromatic nitrogens is 3. The molecular weight excluding hydrogens is 417 g/mol. The molecule has 2 aliphatic rings. The molecule has 10 heteroatoms. The van der Waals surface area contributed by atoms with E-state index in [0.29, 0.717) is 37.4 Å². The standard InChI is InChI=1S/C21H26N5O4P/c1-2-17(13-26-14-25-20-18(22)5-3-4-9-24-21(20)26)28-15-31(27)29-12-8-19(30-31)16-6-10-23-11-7-16/h2,4,6-7,9-11,14,17,19,22,24H,1,3,5,8,12-13,15H2/b9-4-,22-18?/t17-,19?,31?/m1/s1. The van der Waals surface area contributed by atoms with Gasteiger partial charge < -0.3 is 24.6 Å². The normalized spacial score (nSPS) is 25.5. The van der Waals surface area contributed by atoms with Gasteiger partial charge in [-0.1, -0.05) is 12.2 Å². The summed E-state index contributed by atoms with van der Waals surface area (Å²) < 4.78 is 32.1. The van der Waals surface area contributed by atoms with E-state index >= 15 is 0 Å². The molecule has 3 atom stereocenters. The molecule has 2 aromatic heterocycles. The molecule has 1 fully saturated rings. The van der Waals surface area contributed by atoms with Crippen LogP contribution in [0.15, 0.2) is 55.8 Å². The van der Waals surface area contributed by atoms with Crippen molar-refractivity contribution in [2.24, 2.45) is 0 Å². The molecule has 2 unspecified atom stereocenters. The Morgan fingerprint density at radius 3 is 3.10 bits per heavy atom. The van der Waals surface area contributed by atoms with E-state index < -0.39 is 13.7 Å². The van der Waals surface area contributed by atoms with Crippen molar-refractivity contribution < 1.29 is 18.3 Å². The molecule has 0 aromatic carbocycles. The van der Waals surface area contributed by atoms with E-state index in [0.717, 1.165) is 17.8 Å². The highest BCUT2D eigenvalue weighted by molar-refractivity contribution is 7.53. The number of pyridine rings is 1. The number of fused-ring (bicyclic) bond motifs is 1. The lowest BCUT2D eigenvalue weighted by molar-refractivity contribution is 0.0420. The summed E-state index contributed by atoms with van der Waals surface area (Å²) in [6.07, 6.45) is 11.6. The highest BCUT2D eigenvalue weighted by Crippen LogP contribution is 2.56. The lowest BCUT2D eigenvalue weighted by Crippen LogP contribution is -2.22. The lowest BCUT2D eigenvalue weighted by atomic mass is 10.1. The van der Waals surface area contributed by atoms with Crippen molar-refractivity contribution in [1.82, 2.24) is 14.5 Å². The third-order valence-corrected chi connectivity index (χ3v) is 6.76. The summed E-state index contributed by atoms with van der Waals surface area (Å²) >= 11 is 0. The molecule has 1 saturated heterocycles. The Hall–Kier alpha value is -2.58. The van der Waals surface area contributed by atoms with Gasteiger partial charge in [0.1, 0.15) is 17.9 Å². The average molecular weight is 443 g/mol. The average Bonchev–Trinajstić information content (AvgIpc) is 3.17. The first-order valence-electron chi connectivity index (χ1n) is 10.2. The fourth-order valence-electron chi connectivity index (χ4n) is 3.49. The molecule has 2 aliphatic heterocycles. The second kappa shape index (κ2) is 9.70. The first-order chi connectivity index (χ1) is 15.1. The van der Waals surface area contributed by atoms with E-state index in [2.05, 4.69) is 21.9 Å². The molecule has 2 N–H and O–H groups in total. The Balaban J connectivity index is 1.40. The smallest absolute Gasteiger partial charge is 0.356 e. The number of rotatable bonds is 7. The number of imidazole rings is 1. The van der Waals surface area contributed by atoms with Crippen LogP contribution in [0.25, 0.3) is 0 Å². The van der Waals surface area contributed by atoms with Gasteiger partial charge in [-0.15, -0.1) is 6.58 Å². The zero-order valence-electron chi connectivity index (χ0n) is 17.1. The fraction of sp³-hybridized carbons (Fsp3) is 0.381. The van der Waals surface area contributed by atoms with Gasteiger partial charge in [-0.25, -0.2) is 4.98 Å². The van der Waals surface area contributed by atoms with Crippen LogP contribution in [0, 0.1) is 5.41 Å². The maximum absolute atomic E-state index is 13.1. The number of ether oxygens (including phenoxy) is 1. The van der Waals surface area contributed by atoms with Crippen molar-refractivity contribution >= 4 is 19.1 Å². The Labute approximate surface area is 181 Å². The molecule has 0 spiro atoms. The first kappa shape index (κ1) is 21.6. The molecule has 9 nitrogen and oxygen atoms in total. The summed E-state index contributed by atoms with van der Waals surface area (Å²) in [4.78, 5) is 8.38. The number of allylic oxidation sites excluding steroid dienone is 1. The summed E-state index contributed by atoms with van der Waals surface area (Å²) in [7, 11) is -3.41. The van der Waals surface area contributed by atoms with Crippen molar-refractivity contribution in [1.29, 1.82) is 5.41 Å². The lowest BCUT2D eigenvalue weighted by Gasteiger charge is -2.30. The summed E-state index contributed by atoms with van der Waals surface area (Å²) in [5.74, 6) is 0.728. The Morgan fingerprint density at radius 2 is 2.29 bits per heavy atom. The van der Waals surface area contributed by atoms with Gasteiger partial charge >= 0.3 is 7.60 Å². The Bertz CT molecular complexity index is 1010. The zero-order chi connectivity index (χ0) is 21.7. The minimum atomic E-state index is -3.41. The first-order valence-corrected chi connectivity index (χ1v) is 11.9. The predicted molar refractivity (Wildman–Crippen MR) is 117 cm³/mol. The van der Waals surface area contributed by atoms with E-state index in [-0.39, 0.29) is 12.5 Å². The van der Waals surface area contributed by atoms with Crippen LogP contribution in [0.5, 0.6) is 0 Å². The third kappa shape index (κ3) is 5.19. The topological polar surface area (TPSA) is 111 Å².